The summed E-state index contributed by atoms with van der Waals surface area (Å²) < 4.78 is 5.22. The zero-order valence-corrected chi connectivity index (χ0v) is 17.5. The second kappa shape index (κ2) is 9.47. The molecule has 0 saturated heterocycles. The predicted octanol–water partition coefficient (Wildman–Crippen LogP) is 4.06. The molecule has 0 radical (unpaired) electrons. The molecule has 29 heavy (non-hydrogen) atoms. The van der Waals surface area contributed by atoms with E-state index in [1.165, 1.54) is 11.3 Å². The highest BCUT2D eigenvalue weighted by molar-refractivity contribution is 7.13. The minimum Gasteiger partial charge on any atom is -0.352 e. The van der Waals surface area contributed by atoms with Crippen molar-refractivity contribution in [2.75, 3.05) is 11.9 Å². The van der Waals surface area contributed by atoms with E-state index in [2.05, 4.69) is 20.8 Å². The molecule has 0 saturated carbocycles. The Morgan fingerprint density at radius 2 is 2.07 bits per heavy atom. The van der Waals surface area contributed by atoms with E-state index < -0.39 is 0 Å². The topological polar surface area (TPSA) is 97.1 Å². The fourth-order valence-electron chi connectivity index (χ4n) is 2.64. The fraction of sp³-hybridized carbons (Fsp3) is 0.333. The molecule has 7 nitrogen and oxygen atoms in total. The number of hydrogen-bond donors (Lipinski definition) is 2. The van der Waals surface area contributed by atoms with E-state index in [1.807, 2.05) is 38.3 Å². The Labute approximate surface area is 173 Å². The Balaban J connectivity index is 1.53. The van der Waals surface area contributed by atoms with Crippen LogP contribution in [0.4, 0.5) is 5.69 Å². The number of aryl methyl sites for hydroxylation is 2. The molecule has 2 amide bonds. The maximum Gasteiger partial charge on any atom is 0.251 e. The number of carbonyl (C=O) groups excluding carboxylic acids is 2. The molecule has 2 aromatic heterocycles. The first-order valence-corrected chi connectivity index (χ1v) is 10.4. The minimum absolute atomic E-state index is 0.113. The van der Waals surface area contributed by atoms with E-state index >= 15 is 0 Å². The van der Waals surface area contributed by atoms with E-state index in [0.717, 1.165) is 10.4 Å². The smallest absolute Gasteiger partial charge is 0.251 e. The van der Waals surface area contributed by atoms with Crippen molar-refractivity contribution in [3.8, 4) is 10.7 Å². The van der Waals surface area contributed by atoms with Crippen LogP contribution in [0, 0.1) is 12.8 Å². The Morgan fingerprint density at radius 1 is 1.24 bits per heavy atom. The van der Waals surface area contributed by atoms with Gasteiger partial charge in [-0.05, 0) is 48.1 Å². The lowest BCUT2D eigenvalue weighted by molar-refractivity contribution is -0.116. The molecule has 2 heterocycles. The largest absolute Gasteiger partial charge is 0.352 e. The first-order valence-electron chi connectivity index (χ1n) is 9.47. The Bertz CT molecular complexity index is 980. The van der Waals surface area contributed by atoms with E-state index in [-0.39, 0.29) is 18.2 Å². The van der Waals surface area contributed by atoms with Gasteiger partial charge in [0.25, 0.3) is 5.91 Å². The molecule has 0 bridgehead atoms. The normalized spacial score (nSPS) is 10.9. The molecular weight excluding hydrogens is 388 g/mol. The van der Waals surface area contributed by atoms with Crippen molar-refractivity contribution < 1.29 is 14.1 Å². The maximum atomic E-state index is 12.3. The number of thiophene rings is 1. The first-order chi connectivity index (χ1) is 13.9. The highest BCUT2D eigenvalue weighted by Crippen LogP contribution is 2.22. The van der Waals surface area contributed by atoms with Crippen LogP contribution in [0.25, 0.3) is 10.7 Å². The second-order valence-electron chi connectivity index (χ2n) is 7.17. The third-order valence-electron chi connectivity index (χ3n) is 4.21. The van der Waals surface area contributed by atoms with Crippen LogP contribution in [0.15, 0.2) is 40.2 Å². The van der Waals surface area contributed by atoms with Gasteiger partial charge in [-0.3, -0.25) is 9.59 Å². The molecule has 152 valence electrons. The van der Waals surface area contributed by atoms with Crippen LogP contribution in [0.2, 0.25) is 0 Å². The summed E-state index contributed by atoms with van der Waals surface area (Å²) in [6.45, 7) is 6.57. The number of aromatic nitrogens is 2. The number of anilines is 1. The van der Waals surface area contributed by atoms with Crippen molar-refractivity contribution >= 4 is 28.8 Å². The van der Waals surface area contributed by atoms with Crippen LogP contribution in [0.5, 0.6) is 0 Å². The third-order valence-corrected chi connectivity index (χ3v) is 5.07. The van der Waals surface area contributed by atoms with Gasteiger partial charge in [0.15, 0.2) is 0 Å². The molecule has 3 aromatic rings. The van der Waals surface area contributed by atoms with Crippen molar-refractivity contribution in [2.45, 2.75) is 33.6 Å². The van der Waals surface area contributed by atoms with E-state index in [0.29, 0.717) is 41.8 Å². The van der Waals surface area contributed by atoms with Crippen LogP contribution in [0.1, 0.15) is 42.1 Å². The van der Waals surface area contributed by atoms with Gasteiger partial charge in [0.2, 0.25) is 17.6 Å². The van der Waals surface area contributed by atoms with Gasteiger partial charge in [0.05, 0.1) is 4.88 Å². The molecule has 0 atom stereocenters. The van der Waals surface area contributed by atoms with Crippen LogP contribution in [-0.4, -0.2) is 28.5 Å². The van der Waals surface area contributed by atoms with Crippen molar-refractivity contribution in [3.63, 3.8) is 0 Å². The van der Waals surface area contributed by atoms with Gasteiger partial charge >= 0.3 is 0 Å². The van der Waals surface area contributed by atoms with Crippen molar-refractivity contribution in [2.24, 2.45) is 5.92 Å². The summed E-state index contributed by atoms with van der Waals surface area (Å²) in [7, 11) is 0. The van der Waals surface area contributed by atoms with Crippen molar-refractivity contribution in [1.82, 2.24) is 15.5 Å². The molecule has 1 aromatic carbocycles. The second-order valence-corrected chi connectivity index (χ2v) is 8.12. The highest BCUT2D eigenvalue weighted by atomic mass is 32.1. The summed E-state index contributed by atoms with van der Waals surface area (Å²) in [4.78, 5) is 29.7. The molecule has 0 aliphatic rings. The van der Waals surface area contributed by atoms with Gasteiger partial charge in [-0.1, -0.05) is 25.1 Å². The average Bonchev–Trinajstić information content (AvgIpc) is 3.37. The molecule has 0 fully saturated rings. The molecule has 0 aliphatic carbocycles. The first kappa shape index (κ1) is 20.7. The quantitative estimate of drug-likeness (QED) is 0.581. The third kappa shape index (κ3) is 5.74. The standard InChI is InChI=1S/C21H24N4O3S/c1-13(2)12-22-21(27)15-6-7-16(14(3)11-15)23-18(26)8-9-19-24-20(25-28-19)17-5-4-10-29-17/h4-7,10-11,13H,8-9,12H2,1-3H3,(H,22,27)(H,23,26). The number of nitrogens with zero attached hydrogens (tertiary/aromatic N) is 2. The number of nitrogens with one attached hydrogen (secondary N) is 2. The lowest BCUT2D eigenvalue weighted by Crippen LogP contribution is -2.27. The monoisotopic (exact) mass is 412 g/mol. The summed E-state index contributed by atoms with van der Waals surface area (Å²) in [5.41, 5.74) is 2.08. The van der Waals surface area contributed by atoms with Gasteiger partial charge in [-0.25, -0.2) is 0 Å². The van der Waals surface area contributed by atoms with E-state index in [4.69, 9.17) is 4.52 Å². The SMILES string of the molecule is Cc1cc(C(=O)NCC(C)C)ccc1NC(=O)CCc1nc(-c2cccs2)no1. The van der Waals surface area contributed by atoms with E-state index in [9.17, 15) is 9.59 Å². The molecule has 2 N–H and O–H groups in total. The van der Waals surface area contributed by atoms with Gasteiger partial charge in [-0.15, -0.1) is 11.3 Å². The predicted molar refractivity (Wildman–Crippen MR) is 113 cm³/mol. The van der Waals surface area contributed by atoms with Crippen LogP contribution in [-0.2, 0) is 11.2 Å². The van der Waals surface area contributed by atoms with Crippen molar-refractivity contribution in [1.29, 1.82) is 0 Å². The van der Waals surface area contributed by atoms with Crippen molar-refractivity contribution in [3.05, 3.63) is 52.7 Å². The number of carbonyl (C=O) groups is 2. The Morgan fingerprint density at radius 3 is 2.76 bits per heavy atom. The molecule has 8 heteroatoms. The average molecular weight is 413 g/mol. The molecule has 3 rings (SSSR count). The van der Waals surface area contributed by atoms with Gasteiger partial charge in [-0.2, -0.15) is 4.98 Å². The minimum atomic E-state index is -0.152. The van der Waals surface area contributed by atoms with Crippen LogP contribution >= 0.6 is 11.3 Å². The number of benzene rings is 1. The lowest BCUT2D eigenvalue weighted by atomic mass is 10.1. The summed E-state index contributed by atoms with van der Waals surface area (Å²) in [5.74, 6) is 1.09. The highest BCUT2D eigenvalue weighted by Gasteiger charge is 2.13. The molecular formula is C21H24N4O3S. The van der Waals surface area contributed by atoms with Gasteiger partial charge in [0.1, 0.15) is 0 Å². The molecule has 0 spiro atoms. The Hall–Kier alpha value is -3.00. The van der Waals surface area contributed by atoms with E-state index in [1.54, 1.807) is 18.2 Å². The van der Waals surface area contributed by atoms with Crippen LogP contribution in [0.3, 0.4) is 0 Å². The lowest BCUT2D eigenvalue weighted by Gasteiger charge is -2.11. The zero-order valence-electron chi connectivity index (χ0n) is 16.7. The van der Waals surface area contributed by atoms with Gasteiger partial charge in [0, 0.05) is 30.6 Å². The maximum absolute atomic E-state index is 12.3. The Kier molecular flexibility index (Phi) is 6.77. The summed E-state index contributed by atoms with van der Waals surface area (Å²) in [6.07, 6.45) is 0.584. The van der Waals surface area contributed by atoms with Crippen LogP contribution < -0.4 is 10.6 Å². The van der Waals surface area contributed by atoms with Gasteiger partial charge < -0.3 is 15.2 Å². The number of hydrogen-bond acceptors (Lipinski definition) is 6. The summed E-state index contributed by atoms with van der Waals surface area (Å²) in [6, 6.07) is 9.08. The zero-order chi connectivity index (χ0) is 20.8. The summed E-state index contributed by atoms with van der Waals surface area (Å²) >= 11 is 1.53. The number of amides is 2. The molecule has 0 unspecified atom stereocenters. The summed E-state index contributed by atoms with van der Waals surface area (Å²) in [5, 5.41) is 11.6. The fourth-order valence-corrected chi connectivity index (χ4v) is 3.29. The number of rotatable bonds is 8. The molecule has 0 aliphatic heterocycles.